The molecular formula is C20H23N3O. The lowest BCUT2D eigenvalue weighted by atomic mass is 9.96. The van der Waals surface area contributed by atoms with E-state index in [0.717, 1.165) is 33.7 Å². The molecular weight excluding hydrogens is 298 g/mol. The number of benzene rings is 2. The summed E-state index contributed by atoms with van der Waals surface area (Å²) < 4.78 is 0. The Morgan fingerprint density at radius 3 is 2.50 bits per heavy atom. The van der Waals surface area contributed by atoms with Gasteiger partial charge in [-0.25, -0.2) is 4.98 Å². The van der Waals surface area contributed by atoms with Crippen molar-refractivity contribution < 1.29 is 4.79 Å². The van der Waals surface area contributed by atoms with Crippen LogP contribution in [0.4, 0.5) is 5.69 Å². The van der Waals surface area contributed by atoms with Crippen LogP contribution in [0.15, 0.2) is 36.4 Å². The van der Waals surface area contributed by atoms with E-state index >= 15 is 0 Å². The van der Waals surface area contributed by atoms with Gasteiger partial charge in [0.25, 0.3) is 5.91 Å². The molecule has 0 aliphatic rings. The van der Waals surface area contributed by atoms with Gasteiger partial charge in [-0.3, -0.25) is 4.79 Å². The predicted octanol–water partition coefficient (Wildman–Crippen LogP) is 4.73. The normalized spacial score (nSPS) is 11.7. The molecule has 1 amide bonds. The van der Waals surface area contributed by atoms with Gasteiger partial charge in [-0.1, -0.05) is 38.5 Å². The number of hydrogen-bond donors (Lipinski definition) is 2. The molecule has 3 aromatic rings. The highest BCUT2D eigenvalue weighted by molar-refractivity contribution is 6.05. The number of fused-ring (bicyclic) bond motifs is 1. The molecule has 0 radical (unpaired) electrons. The van der Waals surface area contributed by atoms with Crippen molar-refractivity contribution in [2.75, 3.05) is 5.32 Å². The number of imidazole rings is 1. The lowest BCUT2D eigenvalue weighted by molar-refractivity contribution is 0.102. The molecule has 0 saturated heterocycles. The third-order valence-corrected chi connectivity index (χ3v) is 4.08. The van der Waals surface area contributed by atoms with Crippen LogP contribution in [-0.4, -0.2) is 15.9 Å². The summed E-state index contributed by atoms with van der Waals surface area (Å²) >= 11 is 0. The zero-order valence-corrected chi connectivity index (χ0v) is 14.8. The molecule has 1 heterocycles. The molecule has 3 rings (SSSR count). The lowest BCUT2D eigenvalue weighted by Crippen LogP contribution is -2.13. The van der Waals surface area contributed by atoms with Crippen LogP contribution >= 0.6 is 0 Å². The minimum absolute atomic E-state index is 0.0402. The summed E-state index contributed by atoms with van der Waals surface area (Å²) in [7, 11) is 0. The number of amides is 1. The largest absolute Gasteiger partial charge is 0.341 e. The quantitative estimate of drug-likeness (QED) is 0.717. The van der Waals surface area contributed by atoms with Crippen molar-refractivity contribution >= 4 is 22.6 Å². The van der Waals surface area contributed by atoms with Crippen LogP contribution in [0.5, 0.6) is 0 Å². The molecule has 0 aliphatic carbocycles. The van der Waals surface area contributed by atoms with Gasteiger partial charge >= 0.3 is 0 Å². The molecule has 24 heavy (non-hydrogen) atoms. The number of aryl methyl sites for hydroxylation is 2. The molecule has 1 aromatic heterocycles. The van der Waals surface area contributed by atoms with Crippen molar-refractivity contribution in [2.24, 2.45) is 0 Å². The van der Waals surface area contributed by atoms with E-state index in [1.807, 2.05) is 50.2 Å². The number of anilines is 1. The second-order valence-electron chi connectivity index (χ2n) is 7.34. The standard InChI is InChI=1S/C20H23N3O/c1-12-6-8-15(13(2)10-12)18(24)21-14-7-9-16-17(11-14)23-19(22-16)20(3,4)5/h6-11H,1-5H3,(H,21,24)(H,22,23). The van der Waals surface area contributed by atoms with E-state index in [-0.39, 0.29) is 11.3 Å². The molecule has 0 aliphatic heterocycles. The maximum Gasteiger partial charge on any atom is 0.255 e. The number of aromatic amines is 1. The average molecular weight is 321 g/mol. The molecule has 2 aromatic carbocycles. The van der Waals surface area contributed by atoms with Crippen LogP contribution in [0.2, 0.25) is 0 Å². The van der Waals surface area contributed by atoms with Crippen LogP contribution in [0.25, 0.3) is 11.0 Å². The summed E-state index contributed by atoms with van der Waals surface area (Å²) in [5.41, 5.74) is 5.38. The van der Waals surface area contributed by atoms with Gasteiger partial charge in [0, 0.05) is 16.7 Å². The Balaban J connectivity index is 1.88. The molecule has 0 atom stereocenters. The van der Waals surface area contributed by atoms with Gasteiger partial charge in [0.1, 0.15) is 5.82 Å². The zero-order valence-electron chi connectivity index (χ0n) is 14.8. The lowest BCUT2D eigenvalue weighted by Gasteiger charge is -2.13. The van der Waals surface area contributed by atoms with E-state index in [1.54, 1.807) is 0 Å². The van der Waals surface area contributed by atoms with E-state index in [4.69, 9.17) is 0 Å². The van der Waals surface area contributed by atoms with Crippen LogP contribution in [-0.2, 0) is 5.41 Å². The Hall–Kier alpha value is -2.62. The summed E-state index contributed by atoms with van der Waals surface area (Å²) in [5.74, 6) is 0.845. The first-order valence-corrected chi connectivity index (χ1v) is 8.13. The highest BCUT2D eigenvalue weighted by atomic mass is 16.1. The van der Waals surface area contributed by atoms with E-state index < -0.39 is 0 Å². The van der Waals surface area contributed by atoms with Crippen molar-refractivity contribution in [3.63, 3.8) is 0 Å². The van der Waals surface area contributed by atoms with E-state index in [2.05, 4.69) is 36.1 Å². The molecule has 0 spiro atoms. The number of H-pyrrole nitrogens is 1. The van der Waals surface area contributed by atoms with Crippen molar-refractivity contribution in [1.82, 2.24) is 9.97 Å². The van der Waals surface area contributed by atoms with Gasteiger partial charge < -0.3 is 10.3 Å². The summed E-state index contributed by atoms with van der Waals surface area (Å²) in [5, 5.41) is 2.97. The Kier molecular flexibility index (Phi) is 3.91. The van der Waals surface area contributed by atoms with Crippen molar-refractivity contribution in [1.29, 1.82) is 0 Å². The third kappa shape index (κ3) is 3.18. The van der Waals surface area contributed by atoms with Gasteiger partial charge in [-0.05, 0) is 43.7 Å². The number of carbonyl (C=O) groups excluding carboxylic acids is 1. The molecule has 0 unspecified atom stereocenters. The molecule has 4 heteroatoms. The fourth-order valence-electron chi connectivity index (χ4n) is 2.71. The number of hydrogen-bond acceptors (Lipinski definition) is 2. The average Bonchev–Trinajstić information content (AvgIpc) is 2.90. The summed E-state index contributed by atoms with van der Waals surface area (Å²) in [6.45, 7) is 10.3. The van der Waals surface area contributed by atoms with E-state index in [9.17, 15) is 4.79 Å². The monoisotopic (exact) mass is 321 g/mol. The van der Waals surface area contributed by atoms with Crippen LogP contribution in [0.3, 0.4) is 0 Å². The van der Waals surface area contributed by atoms with Gasteiger partial charge in [-0.2, -0.15) is 0 Å². The zero-order chi connectivity index (χ0) is 17.5. The molecule has 0 fully saturated rings. The Bertz CT molecular complexity index is 916. The molecule has 124 valence electrons. The van der Waals surface area contributed by atoms with E-state index in [0.29, 0.717) is 5.56 Å². The van der Waals surface area contributed by atoms with Crippen molar-refractivity contribution in [2.45, 2.75) is 40.0 Å². The maximum absolute atomic E-state index is 12.5. The summed E-state index contributed by atoms with van der Waals surface area (Å²) in [6.07, 6.45) is 0. The number of nitrogens with zero attached hydrogens (tertiary/aromatic N) is 1. The number of nitrogens with one attached hydrogen (secondary N) is 2. The second-order valence-corrected chi connectivity index (χ2v) is 7.34. The Labute approximate surface area is 142 Å². The molecule has 0 saturated carbocycles. The summed E-state index contributed by atoms with van der Waals surface area (Å²) in [4.78, 5) is 20.5. The van der Waals surface area contributed by atoms with Gasteiger partial charge in [0.2, 0.25) is 0 Å². The fourth-order valence-corrected chi connectivity index (χ4v) is 2.71. The maximum atomic E-state index is 12.5. The predicted molar refractivity (Wildman–Crippen MR) is 98.7 cm³/mol. The van der Waals surface area contributed by atoms with Crippen LogP contribution in [0.1, 0.15) is 48.1 Å². The first-order valence-electron chi connectivity index (χ1n) is 8.13. The first kappa shape index (κ1) is 16.2. The SMILES string of the molecule is Cc1ccc(C(=O)Nc2ccc3nc(C(C)(C)C)[nH]c3c2)c(C)c1. The van der Waals surface area contributed by atoms with Crippen LogP contribution in [0, 0.1) is 13.8 Å². The number of carbonyl (C=O) groups is 1. The highest BCUT2D eigenvalue weighted by Gasteiger charge is 2.18. The molecule has 2 N–H and O–H groups in total. The topological polar surface area (TPSA) is 57.8 Å². The van der Waals surface area contributed by atoms with E-state index in [1.165, 1.54) is 0 Å². The number of rotatable bonds is 2. The number of aromatic nitrogens is 2. The van der Waals surface area contributed by atoms with Crippen molar-refractivity contribution in [3.05, 3.63) is 58.9 Å². The van der Waals surface area contributed by atoms with Gasteiger partial charge in [0.15, 0.2) is 0 Å². The van der Waals surface area contributed by atoms with Crippen molar-refractivity contribution in [3.8, 4) is 0 Å². The summed E-state index contributed by atoms with van der Waals surface area (Å²) in [6, 6.07) is 11.6. The smallest absolute Gasteiger partial charge is 0.255 e. The minimum Gasteiger partial charge on any atom is -0.341 e. The highest BCUT2D eigenvalue weighted by Crippen LogP contribution is 2.24. The molecule has 4 nitrogen and oxygen atoms in total. The Morgan fingerprint density at radius 2 is 1.83 bits per heavy atom. The molecule has 0 bridgehead atoms. The first-order chi connectivity index (χ1) is 11.2. The Morgan fingerprint density at radius 1 is 1.08 bits per heavy atom. The minimum atomic E-state index is -0.0950. The van der Waals surface area contributed by atoms with Gasteiger partial charge in [0.05, 0.1) is 11.0 Å². The second kappa shape index (κ2) is 5.78. The van der Waals surface area contributed by atoms with Crippen LogP contribution < -0.4 is 5.32 Å². The third-order valence-electron chi connectivity index (χ3n) is 4.08. The fraction of sp³-hybridized carbons (Fsp3) is 0.300. The van der Waals surface area contributed by atoms with Gasteiger partial charge in [-0.15, -0.1) is 0 Å².